The van der Waals surface area contributed by atoms with Crippen molar-refractivity contribution in [2.45, 2.75) is 26.0 Å². The van der Waals surface area contributed by atoms with Crippen LogP contribution in [0.5, 0.6) is 0 Å². The van der Waals surface area contributed by atoms with Crippen molar-refractivity contribution in [3.05, 3.63) is 83.8 Å². The highest BCUT2D eigenvalue weighted by atomic mass is 31.2. The Hall–Kier alpha value is -3.30. The van der Waals surface area contributed by atoms with Crippen molar-refractivity contribution in [2.24, 2.45) is 0 Å². The van der Waals surface area contributed by atoms with Crippen LogP contribution in [0.4, 0.5) is 5.82 Å². The number of anilines is 1. The van der Waals surface area contributed by atoms with E-state index >= 15 is 0 Å². The van der Waals surface area contributed by atoms with Gasteiger partial charge in [-0.25, -0.2) is 4.57 Å². The molecule has 10 nitrogen and oxygen atoms in total. The van der Waals surface area contributed by atoms with Gasteiger partial charge in [0.05, 0.1) is 18.2 Å². The molecule has 1 atom stereocenters. The van der Waals surface area contributed by atoms with Crippen LogP contribution in [0.2, 0.25) is 0 Å². The van der Waals surface area contributed by atoms with E-state index in [-0.39, 0.29) is 5.82 Å². The molecule has 0 aliphatic carbocycles. The van der Waals surface area contributed by atoms with Crippen LogP contribution < -0.4 is 15.2 Å². The topological polar surface area (TPSA) is 152 Å². The minimum absolute atomic E-state index is 0.200. The fraction of sp³-hybridized carbons (Fsp3) is 0.190. The number of aromatic nitrogens is 3. The third-order valence-corrected chi connectivity index (χ3v) is 5.22. The SMILES string of the molecule is Nc1c(-c2cc(Cc3ccc(CCc4ccco4)nc3)no2)ccc[n+]1COP(=O)([O-])O. The van der Waals surface area contributed by atoms with E-state index in [9.17, 15) is 9.46 Å². The molecule has 4 aromatic rings. The number of nitrogens with zero attached hydrogens (tertiary/aromatic N) is 3. The van der Waals surface area contributed by atoms with Crippen LogP contribution in [0.3, 0.4) is 0 Å². The first-order valence-electron chi connectivity index (χ1n) is 9.76. The Morgan fingerprint density at radius 1 is 1.19 bits per heavy atom. The van der Waals surface area contributed by atoms with Crippen LogP contribution in [0.25, 0.3) is 11.3 Å². The van der Waals surface area contributed by atoms with Gasteiger partial charge in [-0.05, 0) is 42.3 Å². The van der Waals surface area contributed by atoms with E-state index in [2.05, 4.69) is 14.7 Å². The van der Waals surface area contributed by atoms with Crippen molar-refractivity contribution in [3.63, 3.8) is 0 Å². The summed E-state index contributed by atoms with van der Waals surface area (Å²) in [5, 5.41) is 4.09. The molecule has 0 aromatic carbocycles. The van der Waals surface area contributed by atoms with Crippen LogP contribution in [0.1, 0.15) is 22.7 Å². The zero-order valence-electron chi connectivity index (χ0n) is 17.0. The third-order valence-electron chi connectivity index (χ3n) is 4.78. The number of nitrogens with two attached hydrogens (primary N) is 1. The molecule has 0 fully saturated rings. The maximum atomic E-state index is 10.8. The van der Waals surface area contributed by atoms with E-state index in [1.807, 2.05) is 30.5 Å². The van der Waals surface area contributed by atoms with Gasteiger partial charge >= 0.3 is 0 Å². The molecule has 0 radical (unpaired) electrons. The standard InChI is InChI=1S/C21H21N4O6P/c22-21-19(4-1-9-25(21)14-30-32(26,27)28)20-12-17(24-31-20)11-15-5-6-16(23-13-15)7-8-18-3-2-10-29-18/h1-6,9-10,12-13,22H,7-8,11,14H2,(H2,26,27,28). The van der Waals surface area contributed by atoms with Gasteiger partial charge in [-0.2, -0.15) is 0 Å². The zero-order valence-corrected chi connectivity index (χ0v) is 17.9. The first-order chi connectivity index (χ1) is 15.4. The van der Waals surface area contributed by atoms with Crippen molar-refractivity contribution >= 4 is 13.6 Å². The third kappa shape index (κ3) is 5.68. The Labute approximate surface area is 183 Å². The average molecular weight is 456 g/mol. The molecule has 166 valence electrons. The molecule has 0 amide bonds. The van der Waals surface area contributed by atoms with Crippen molar-refractivity contribution in [3.8, 4) is 11.3 Å². The first kappa shape index (κ1) is 21.9. The minimum Gasteiger partial charge on any atom is -0.756 e. The first-order valence-corrected chi connectivity index (χ1v) is 11.3. The summed E-state index contributed by atoms with van der Waals surface area (Å²) in [7, 11) is -4.87. The van der Waals surface area contributed by atoms with Crippen LogP contribution in [-0.4, -0.2) is 15.0 Å². The second kappa shape index (κ2) is 9.46. The predicted octanol–water partition coefficient (Wildman–Crippen LogP) is 2.01. The van der Waals surface area contributed by atoms with Gasteiger partial charge in [0.15, 0.2) is 12.5 Å². The van der Waals surface area contributed by atoms with Crippen LogP contribution >= 0.6 is 7.82 Å². The number of furan rings is 1. The highest BCUT2D eigenvalue weighted by Gasteiger charge is 2.18. The fourth-order valence-electron chi connectivity index (χ4n) is 3.16. The van der Waals surface area contributed by atoms with E-state index in [1.54, 1.807) is 24.5 Å². The number of hydrogen-bond acceptors (Lipinski definition) is 8. The minimum atomic E-state index is -4.87. The molecule has 3 N–H and O–H groups in total. The van der Waals surface area contributed by atoms with Crippen LogP contribution in [0, 0.1) is 0 Å². The number of nitrogen functional groups attached to an aromatic ring is 1. The molecular weight excluding hydrogens is 435 g/mol. The lowest BCUT2D eigenvalue weighted by Gasteiger charge is -2.14. The van der Waals surface area contributed by atoms with E-state index < -0.39 is 14.6 Å². The smallest absolute Gasteiger partial charge is 0.285 e. The number of phosphoric ester groups is 1. The Bertz CT molecular complexity index is 1220. The molecule has 0 saturated heterocycles. The van der Waals surface area contributed by atoms with Gasteiger partial charge in [0.2, 0.25) is 0 Å². The molecule has 0 spiro atoms. The van der Waals surface area contributed by atoms with Gasteiger partial charge in [0, 0.05) is 30.8 Å². The second-order valence-corrected chi connectivity index (χ2v) is 8.30. The number of pyridine rings is 2. The number of phosphoric acid groups is 1. The highest BCUT2D eigenvalue weighted by molar-refractivity contribution is 7.44. The predicted molar refractivity (Wildman–Crippen MR) is 111 cm³/mol. The lowest BCUT2D eigenvalue weighted by atomic mass is 10.1. The number of aryl methyl sites for hydroxylation is 2. The molecule has 0 saturated carbocycles. The normalized spacial score (nSPS) is 13.2. The molecule has 11 heteroatoms. The molecule has 0 aliphatic heterocycles. The summed E-state index contributed by atoms with van der Waals surface area (Å²) < 4.78 is 27.3. The van der Waals surface area contributed by atoms with E-state index in [4.69, 9.17) is 19.6 Å². The molecular formula is C21H21N4O6P. The molecule has 1 unspecified atom stereocenters. The van der Waals surface area contributed by atoms with Crippen molar-refractivity contribution in [1.82, 2.24) is 10.1 Å². The van der Waals surface area contributed by atoms with Crippen LogP contribution in [-0.2, 0) is 35.1 Å². The fourth-order valence-corrected chi connectivity index (χ4v) is 3.43. The van der Waals surface area contributed by atoms with Gasteiger partial charge < -0.3 is 18.7 Å². The Morgan fingerprint density at radius 3 is 2.78 bits per heavy atom. The lowest BCUT2D eigenvalue weighted by Crippen LogP contribution is -2.38. The summed E-state index contributed by atoms with van der Waals surface area (Å²) in [5.41, 5.74) is 9.25. The summed E-state index contributed by atoms with van der Waals surface area (Å²) in [5.74, 6) is 1.55. The monoisotopic (exact) mass is 456 g/mol. The second-order valence-electron chi connectivity index (χ2n) is 7.10. The largest absolute Gasteiger partial charge is 0.756 e. The van der Waals surface area contributed by atoms with E-state index in [0.717, 1.165) is 29.9 Å². The molecule has 4 aromatic heterocycles. The summed E-state index contributed by atoms with van der Waals surface area (Å²) in [6, 6.07) is 12.9. The molecule has 4 rings (SSSR count). The van der Waals surface area contributed by atoms with Crippen molar-refractivity contribution in [1.29, 1.82) is 0 Å². The lowest BCUT2D eigenvalue weighted by molar-refractivity contribution is -0.712. The van der Waals surface area contributed by atoms with E-state index in [1.165, 1.54) is 10.8 Å². The maximum Gasteiger partial charge on any atom is 0.285 e. The highest BCUT2D eigenvalue weighted by Crippen LogP contribution is 2.30. The maximum absolute atomic E-state index is 10.8. The summed E-state index contributed by atoms with van der Waals surface area (Å²) in [6.45, 7) is -0.462. The van der Waals surface area contributed by atoms with Gasteiger partial charge in [-0.15, -0.1) is 0 Å². The van der Waals surface area contributed by atoms with Crippen molar-refractivity contribution in [2.75, 3.05) is 5.73 Å². The van der Waals surface area contributed by atoms with Crippen molar-refractivity contribution < 1.29 is 32.4 Å². The summed E-state index contributed by atoms with van der Waals surface area (Å²) in [6.07, 6.45) is 7.09. The van der Waals surface area contributed by atoms with Crippen LogP contribution in [0.15, 0.2) is 70.1 Å². The average Bonchev–Trinajstić information content (AvgIpc) is 3.44. The Balaban J connectivity index is 1.41. The molecule has 4 heterocycles. The van der Waals surface area contributed by atoms with E-state index in [0.29, 0.717) is 23.4 Å². The number of hydrogen-bond donors (Lipinski definition) is 2. The Kier molecular flexibility index (Phi) is 6.48. The Morgan fingerprint density at radius 2 is 2.06 bits per heavy atom. The quantitative estimate of drug-likeness (QED) is 0.285. The summed E-state index contributed by atoms with van der Waals surface area (Å²) >= 11 is 0. The summed E-state index contributed by atoms with van der Waals surface area (Å²) in [4.78, 5) is 24.1. The molecule has 0 aliphatic rings. The molecule has 0 bridgehead atoms. The molecule has 32 heavy (non-hydrogen) atoms. The van der Waals surface area contributed by atoms with Gasteiger partial charge in [0.25, 0.3) is 13.6 Å². The van der Waals surface area contributed by atoms with Gasteiger partial charge in [-0.1, -0.05) is 11.2 Å². The zero-order chi connectivity index (χ0) is 22.6. The van der Waals surface area contributed by atoms with Gasteiger partial charge in [-0.3, -0.25) is 19.8 Å². The van der Waals surface area contributed by atoms with Gasteiger partial charge in [0.1, 0.15) is 11.3 Å². The number of rotatable bonds is 9.